The minimum absolute atomic E-state index is 0.0605. The molecule has 2 rings (SSSR count). The molecule has 0 atom stereocenters. The van der Waals surface area contributed by atoms with Gasteiger partial charge >= 0.3 is 0 Å². The number of piperidine rings is 1. The lowest BCUT2D eigenvalue weighted by atomic mass is 10.1. The van der Waals surface area contributed by atoms with Crippen molar-refractivity contribution in [2.75, 3.05) is 26.4 Å². The van der Waals surface area contributed by atoms with E-state index in [1.807, 2.05) is 25.1 Å². The van der Waals surface area contributed by atoms with Gasteiger partial charge in [-0.1, -0.05) is 18.6 Å². The van der Waals surface area contributed by atoms with Gasteiger partial charge in [0, 0.05) is 0 Å². The van der Waals surface area contributed by atoms with E-state index in [1.165, 1.54) is 19.3 Å². The third kappa shape index (κ3) is 3.96. The average Bonchev–Trinajstić information content (AvgIpc) is 2.47. The van der Waals surface area contributed by atoms with Crippen LogP contribution in [0.5, 0.6) is 5.75 Å². The van der Waals surface area contributed by atoms with Crippen LogP contribution >= 0.6 is 0 Å². The summed E-state index contributed by atoms with van der Waals surface area (Å²) < 4.78 is 5.48. The zero-order chi connectivity index (χ0) is 13.5. The highest BCUT2D eigenvalue weighted by molar-refractivity contribution is 5.96. The maximum Gasteiger partial charge on any atom is 0.256 e. The van der Waals surface area contributed by atoms with Crippen molar-refractivity contribution in [2.24, 2.45) is 0 Å². The topological polar surface area (TPSA) is 41.6 Å². The van der Waals surface area contributed by atoms with Crippen molar-refractivity contribution in [1.82, 2.24) is 10.2 Å². The van der Waals surface area contributed by atoms with E-state index in [4.69, 9.17) is 4.74 Å². The second-order valence-electron chi connectivity index (χ2n) is 4.77. The Balaban J connectivity index is 1.91. The van der Waals surface area contributed by atoms with Crippen LogP contribution in [0.3, 0.4) is 0 Å². The zero-order valence-corrected chi connectivity index (χ0v) is 11.5. The molecule has 0 unspecified atom stereocenters. The minimum atomic E-state index is -0.0605. The van der Waals surface area contributed by atoms with Crippen molar-refractivity contribution in [1.29, 1.82) is 0 Å². The number of carbonyl (C=O) groups is 1. The molecule has 1 aliphatic heterocycles. The van der Waals surface area contributed by atoms with Gasteiger partial charge in [0.2, 0.25) is 0 Å². The number of ether oxygens (including phenoxy) is 1. The monoisotopic (exact) mass is 262 g/mol. The van der Waals surface area contributed by atoms with Crippen LogP contribution in [-0.2, 0) is 0 Å². The van der Waals surface area contributed by atoms with Crippen molar-refractivity contribution in [2.45, 2.75) is 26.2 Å². The molecule has 0 aromatic heterocycles. The van der Waals surface area contributed by atoms with Gasteiger partial charge in [-0.05, 0) is 45.0 Å². The van der Waals surface area contributed by atoms with Gasteiger partial charge in [-0.2, -0.15) is 0 Å². The van der Waals surface area contributed by atoms with Crippen LogP contribution in [0.25, 0.3) is 0 Å². The van der Waals surface area contributed by atoms with Gasteiger partial charge in [0.1, 0.15) is 5.75 Å². The molecule has 1 amide bonds. The predicted octanol–water partition coefficient (Wildman–Crippen LogP) is 2.26. The molecule has 104 valence electrons. The summed E-state index contributed by atoms with van der Waals surface area (Å²) in [6, 6.07) is 7.38. The summed E-state index contributed by atoms with van der Waals surface area (Å²) in [6.07, 6.45) is 3.76. The van der Waals surface area contributed by atoms with Gasteiger partial charge in [0.15, 0.2) is 0 Å². The molecule has 0 saturated carbocycles. The highest BCUT2D eigenvalue weighted by atomic mass is 16.5. The number of likely N-dealkylation sites (tertiary alicyclic amines) is 1. The third-order valence-corrected chi connectivity index (χ3v) is 3.34. The molecule has 1 N–H and O–H groups in total. The summed E-state index contributed by atoms with van der Waals surface area (Å²) in [6.45, 7) is 5.26. The van der Waals surface area contributed by atoms with E-state index in [1.54, 1.807) is 6.07 Å². The molecule has 1 fully saturated rings. The van der Waals surface area contributed by atoms with Crippen molar-refractivity contribution >= 4 is 5.91 Å². The Bertz CT molecular complexity index is 414. The van der Waals surface area contributed by atoms with Crippen LogP contribution in [0.1, 0.15) is 36.5 Å². The molecular formula is C15H22N2O2. The first-order chi connectivity index (χ1) is 9.31. The molecule has 4 nitrogen and oxygen atoms in total. The van der Waals surface area contributed by atoms with Crippen LogP contribution < -0.4 is 10.1 Å². The van der Waals surface area contributed by atoms with Crippen LogP contribution in [0.2, 0.25) is 0 Å². The fourth-order valence-corrected chi connectivity index (χ4v) is 2.33. The van der Waals surface area contributed by atoms with Gasteiger partial charge in [0.25, 0.3) is 5.91 Å². The molecule has 4 heteroatoms. The van der Waals surface area contributed by atoms with E-state index in [2.05, 4.69) is 10.2 Å². The maximum absolute atomic E-state index is 12.2. The number of carbonyl (C=O) groups excluding carboxylic acids is 1. The molecule has 0 bridgehead atoms. The van der Waals surface area contributed by atoms with Crippen molar-refractivity contribution in [3.8, 4) is 5.75 Å². The Hall–Kier alpha value is -1.55. The molecule has 1 aliphatic rings. The number of benzene rings is 1. The number of nitrogens with one attached hydrogen (secondary N) is 1. The van der Waals surface area contributed by atoms with Crippen LogP contribution in [0.15, 0.2) is 24.3 Å². The number of hydrogen-bond donors (Lipinski definition) is 1. The highest BCUT2D eigenvalue weighted by Gasteiger charge is 2.14. The second-order valence-corrected chi connectivity index (χ2v) is 4.77. The second kappa shape index (κ2) is 7.14. The van der Waals surface area contributed by atoms with Gasteiger partial charge in [-0.3, -0.25) is 9.69 Å². The molecule has 0 spiro atoms. The first kappa shape index (κ1) is 13.9. The summed E-state index contributed by atoms with van der Waals surface area (Å²) in [7, 11) is 0. The number of nitrogens with zero attached hydrogens (tertiary/aromatic N) is 1. The minimum Gasteiger partial charge on any atom is -0.493 e. The number of hydrogen-bond acceptors (Lipinski definition) is 3. The van der Waals surface area contributed by atoms with E-state index in [-0.39, 0.29) is 5.91 Å². The fourth-order valence-electron chi connectivity index (χ4n) is 2.33. The zero-order valence-electron chi connectivity index (χ0n) is 11.5. The largest absolute Gasteiger partial charge is 0.493 e. The molecule has 19 heavy (non-hydrogen) atoms. The summed E-state index contributed by atoms with van der Waals surface area (Å²) in [5, 5.41) is 2.97. The molecule has 1 aromatic rings. The van der Waals surface area contributed by atoms with Crippen molar-refractivity contribution < 1.29 is 9.53 Å². The van der Waals surface area contributed by atoms with Gasteiger partial charge in [-0.15, -0.1) is 0 Å². The summed E-state index contributed by atoms with van der Waals surface area (Å²) in [5.41, 5.74) is 0.612. The predicted molar refractivity (Wildman–Crippen MR) is 75.4 cm³/mol. The molecule has 1 heterocycles. The average molecular weight is 262 g/mol. The smallest absolute Gasteiger partial charge is 0.256 e. The maximum atomic E-state index is 12.2. The molecular weight excluding hydrogens is 240 g/mol. The Kier molecular flexibility index (Phi) is 5.21. The lowest BCUT2D eigenvalue weighted by molar-refractivity contribution is 0.0910. The lowest BCUT2D eigenvalue weighted by Crippen LogP contribution is -2.40. The third-order valence-electron chi connectivity index (χ3n) is 3.34. The van der Waals surface area contributed by atoms with Crippen molar-refractivity contribution in [3.05, 3.63) is 29.8 Å². The van der Waals surface area contributed by atoms with E-state index >= 15 is 0 Å². The molecule has 1 saturated heterocycles. The Morgan fingerprint density at radius 2 is 2.00 bits per heavy atom. The molecule has 1 aromatic carbocycles. The van der Waals surface area contributed by atoms with Gasteiger partial charge < -0.3 is 10.1 Å². The Morgan fingerprint density at radius 1 is 1.26 bits per heavy atom. The van der Waals surface area contributed by atoms with E-state index < -0.39 is 0 Å². The van der Waals surface area contributed by atoms with E-state index in [9.17, 15) is 4.79 Å². The lowest BCUT2D eigenvalue weighted by Gasteiger charge is -2.26. The first-order valence-corrected chi connectivity index (χ1v) is 7.03. The van der Waals surface area contributed by atoms with E-state index in [0.29, 0.717) is 24.6 Å². The Labute approximate surface area is 114 Å². The fraction of sp³-hybridized carbons (Fsp3) is 0.533. The first-order valence-electron chi connectivity index (χ1n) is 7.03. The van der Waals surface area contributed by atoms with Gasteiger partial charge in [-0.25, -0.2) is 0 Å². The quantitative estimate of drug-likeness (QED) is 0.885. The van der Waals surface area contributed by atoms with Crippen LogP contribution in [-0.4, -0.2) is 37.2 Å². The molecule has 0 aliphatic carbocycles. The van der Waals surface area contributed by atoms with Crippen LogP contribution in [0.4, 0.5) is 0 Å². The highest BCUT2D eigenvalue weighted by Crippen LogP contribution is 2.17. The number of para-hydroxylation sites is 1. The SMILES string of the molecule is CCOc1ccccc1C(=O)NCN1CCCCC1. The summed E-state index contributed by atoms with van der Waals surface area (Å²) in [4.78, 5) is 14.4. The number of rotatable bonds is 5. The Morgan fingerprint density at radius 3 is 2.74 bits per heavy atom. The number of amides is 1. The normalized spacial score (nSPS) is 16.1. The van der Waals surface area contributed by atoms with Gasteiger partial charge in [0.05, 0.1) is 18.8 Å². The molecule has 0 radical (unpaired) electrons. The van der Waals surface area contributed by atoms with Crippen LogP contribution in [0, 0.1) is 0 Å². The summed E-state index contributed by atoms with van der Waals surface area (Å²) in [5.74, 6) is 0.593. The van der Waals surface area contributed by atoms with E-state index in [0.717, 1.165) is 13.1 Å². The summed E-state index contributed by atoms with van der Waals surface area (Å²) >= 11 is 0. The van der Waals surface area contributed by atoms with Crippen molar-refractivity contribution in [3.63, 3.8) is 0 Å². The standard InChI is InChI=1S/C15H22N2O2/c1-2-19-14-9-5-4-8-13(14)15(18)16-12-17-10-6-3-7-11-17/h4-5,8-9H,2-3,6-7,10-12H2,1H3,(H,16,18).